The number of thiophene rings is 1. The third kappa shape index (κ3) is 1.74. The molecule has 0 unspecified atom stereocenters. The first-order chi connectivity index (χ1) is 6.68. The number of carbonyl (C=O) groups excluding carboxylic acids is 2. The zero-order valence-corrected chi connectivity index (χ0v) is 9.73. The number of carbonyl (C=O) groups is 2. The topological polar surface area (TPSA) is 37.4 Å². The van der Waals surface area contributed by atoms with Gasteiger partial charge in [-0.25, -0.2) is 0 Å². The summed E-state index contributed by atoms with van der Waals surface area (Å²) in [6.07, 6.45) is 0.363. The molecule has 0 N–H and O–H groups in total. The maximum atomic E-state index is 11.3. The average Bonchev–Trinajstić information content (AvgIpc) is 2.68. The molecule has 2 rings (SSSR count). The van der Waals surface area contributed by atoms with E-state index >= 15 is 0 Å². The summed E-state index contributed by atoms with van der Waals surface area (Å²) in [6.45, 7) is 1.10. The molecule has 0 aliphatic carbocycles. The molecule has 14 heavy (non-hydrogen) atoms. The van der Waals surface area contributed by atoms with E-state index in [1.165, 1.54) is 0 Å². The molecule has 1 aliphatic heterocycles. The molecule has 1 saturated heterocycles. The second kappa shape index (κ2) is 3.82. The molecule has 2 heterocycles. The molecule has 0 spiro atoms. The molecule has 1 amide bonds. The third-order valence-corrected chi connectivity index (χ3v) is 4.07. The van der Waals surface area contributed by atoms with Gasteiger partial charge in [0.05, 0.1) is 6.54 Å². The molecule has 0 bridgehead atoms. The second-order valence-corrected chi connectivity index (χ2v) is 4.95. The SMILES string of the molecule is O=C1CCN(Cc2sccc2Br)C1=O. The molecule has 0 aromatic carbocycles. The van der Waals surface area contributed by atoms with Gasteiger partial charge in [0.25, 0.3) is 5.91 Å². The first-order valence-corrected chi connectivity index (χ1v) is 5.89. The Morgan fingerprint density at radius 2 is 2.29 bits per heavy atom. The van der Waals surface area contributed by atoms with Crippen LogP contribution in [0.2, 0.25) is 0 Å². The van der Waals surface area contributed by atoms with Crippen molar-refractivity contribution >= 4 is 39.0 Å². The van der Waals surface area contributed by atoms with E-state index in [2.05, 4.69) is 15.9 Å². The van der Waals surface area contributed by atoms with Gasteiger partial charge in [-0.05, 0) is 27.4 Å². The van der Waals surface area contributed by atoms with Crippen molar-refractivity contribution in [1.29, 1.82) is 0 Å². The molecular formula is C9H8BrNO2S. The molecule has 3 nitrogen and oxygen atoms in total. The molecular weight excluding hydrogens is 266 g/mol. The van der Waals surface area contributed by atoms with E-state index in [0.717, 1.165) is 9.35 Å². The van der Waals surface area contributed by atoms with Crippen LogP contribution < -0.4 is 0 Å². The Morgan fingerprint density at radius 3 is 2.79 bits per heavy atom. The number of rotatable bonds is 2. The molecule has 1 aromatic rings. The Labute approximate surface area is 93.8 Å². The van der Waals surface area contributed by atoms with Crippen LogP contribution >= 0.6 is 27.3 Å². The fourth-order valence-electron chi connectivity index (χ4n) is 1.38. The van der Waals surface area contributed by atoms with E-state index in [-0.39, 0.29) is 11.7 Å². The monoisotopic (exact) mass is 273 g/mol. The Morgan fingerprint density at radius 1 is 1.50 bits per heavy atom. The lowest BCUT2D eigenvalue weighted by Crippen LogP contribution is -2.26. The Kier molecular flexibility index (Phi) is 2.69. The van der Waals surface area contributed by atoms with Gasteiger partial charge in [-0.1, -0.05) is 0 Å². The maximum absolute atomic E-state index is 11.3. The zero-order valence-electron chi connectivity index (χ0n) is 7.33. The number of ketones is 1. The molecule has 1 fully saturated rings. The van der Waals surface area contributed by atoms with E-state index in [4.69, 9.17) is 0 Å². The maximum Gasteiger partial charge on any atom is 0.290 e. The third-order valence-electron chi connectivity index (χ3n) is 2.16. The number of halogens is 1. The number of Topliss-reactive ketones (excluding diaryl/α,β-unsaturated/α-hetero) is 1. The van der Waals surface area contributed by atoms with Crippen molar-refractivity contribution in [1.82, 2.24) is 4.90 Å². The minimum atomic E-state index is -0.342. The van der Waals surface area contributed by atoms with E-state index in [0.29, 0.717) is 19.5 Å². The van der Waals surface area contributed by atoms with Gasteiger partial charge in [0, 0.05) is 22.3 Å². The summed E-state index contributed by atoms with van der Waals surface area (Å²) in [4.78, 5) is 25.0. The Balaban J connectivity index is 2.09. The fourth-order valence-corrected chi connectivity index (χ4v) is 2.88. The molecule has 0 atom stereocenters. The van der Waals surface area contributed by atoms with Crippen LogP contribution in [-0.2, 0) is 16.1 Å². The lowest BCUT2D eigenvalue weighted by Gasteiger charge is -2.12. The van der Waals surface area contributed by atoms with Crippen LogP contribution in [0.4, 0.5) is 0 Å². The van der Waals surface area contributed by atoms with E-state index in [1.54, 1.807) is 16.2 Å². The van der Waals surface area contributed by atoms with Gasteiger partial charge in [-0.3, -0.25) is 9.59 Å². The lowest BCUT2D eigenvalue weighted by atomic mass is 10.3. The highest BCUT2D eigenvalue weighted by Gasteiger charge is 2.29. The summed E-state index contributed by atoms with van der Waals surface area (Å²) in [6, 6.07) is 1.95. The molecule has 0 saturated carbocycles. The van der Waals surface area contributed by atoms with Crippen molar-refractivity contribution in [3.8, 4) is 0 Å². The molecule has 5 heteroatoms. The highest BCUT2D eigenvalue weighted by atomic mass is 79.9. The van der Waals surface area contributed by atoms with Crippen LogP contribution in [0, 0.1) is 0 Å². The Hall–Kier alpha value is -0.680. The zero-order chi connectivity index (χ0) is 10.1. The fraction of sp³-hybridized carbons (Fsp3) is 0.333. The largest absolute Gasteiger partial charge is 0.330 e. The average molecular weight is 274 g/mol. The van der Waals surface area contributed by atoms with Gasteiger partial charge < -0.3 is 4.90 Å². The summed E-state index contributed by atoms with van der Waals surface area (Å²) in [5.41, 5.74) is 0. The minimum absolute atomic E-state index is 0.266. The van der Waals surface area contributed by atoms with Gasteiger partial charge in [0.1, 0.15) is 0 Å². The molecule has 74 valence electrons. The van der Waals surface area contributed by atoms with Crippen LogP contribution in [0.25, 0.3) is 0 Å². The Bertz CT molecular complexity index is 388. The predicted molar refractivity (Wildman–Crippen MR) is 57.1 cm³/mol. The van der Waals surface area contributed by atoms with Crippen molar-refractivity contribution in [3.63, 3.8) is 0 Å². The van der Waals surface area contributed by atoms with Crippen LogP contribution in [0.15, 0.2) is 15.9 Å². The first-order valence-electron chi connectivity index (χ1n) is 4.22. The summed E-state index contributed by atoms with van der Waals surface area (Å²) < 4.78 is 1.01. The summed E-state index contributed by atoms with van der Waals surface area (Å²) in [5, 5.41) is 1.96. The van der Waals surface area contributed by atoms with E-state index in [9.17, 15) is 9.59 Å². The standard InChI is InChI=1S/C9H8BrNO2S/c10-6-2-4-14-8(6)5-11-3-1-7(12)9(11)13/h2,4H,1,3,5H2. The summed E-state index contributed by atoms with van der Waals surface area (Å²) in [5.74, 6) is -0.608. The molecule has 0 radical (unpaired) electrons. The van der Waals surface area contributed by atoms with Gasteiger partial charge in [0.2, 0.25) is 5.78 Å². The van der Waals surface area contributed by atoms with Crippen LogP contribution in [0.1, 0.15) is 11.3 Å². The molecule has 1 aliphatic rings. The minimum Gasteiger partial charge on any atom is -0.330 e. The van der Waals surface area contributed by atoms with Gasteiger partial charge in [0.15, 0.2) is 0 Å². The predicted octanol–water partition coefficient (Wildman–Crippen LogP) is 1.81. The van der Waals surface area contributed by atoms with Crippen LogP contribution in [-0.4, -0.2) is 23.1 Å². The highest BCUT2D eigenvalue weighted by molar-refractivity contribution is 9.10. The number of amides is 1. The van der Waals surface area contributed by atoms with E-state index < -0.39 is 0 Å². The lowest BCUT2D eigenvalue weighted by molar-refractivity contribution is -0.140. The highest BCUT2D eigenvalue weighted by Crippen LogP contribution is 2.25. The van der Waals surface area contributed by atoms with Crippen molar-refractivity contribution in [2.45, 2.75) is 13.0 Å². The van der Waals surface area contributed by atoms with Crippen molar-refractivity contribution in [2.75, 3.05) is 6.54 Å². The van der Waals surface area contributed by atoms with Crippen LogP contribution in [0.3, 0.4) is 0 Å². The van der Waals surface area contributed by atoms with Gasteiger partial charge in [-0.15, -0.1) is 11.3 Å². The van der Waals surface area contributed by atoms with Crippen molar-refractivity contribution in [2.24, 2.45) is 0 Å². The quantitative estimate of drug-likeness (QED) is 0.771. The van der Waals surface area contributed by atoms with Crippen molar-refractivity contribution in [3.05, 3.63) is 20.8 Å². The smallest absolute Gasteiger partial charge is 0.290 e. The van der Waals surface area contributed by atoms with Gasteiger partial charge in [-0.2, -0.15) is 0 Å². The number of hydrogen-bond donors (Lipinski definition) is 0. The van der Waals surface area contributed by atoms with Gasteiger partial charge >= 0.3 is 0 Å². The second-order valence-electron chi connectivity index (χ2n) is 3.09. The number of likely N-dealkylation sites (tertiary alicyclic amines) is 1. The number of hydrogen-bond acceptors (Lipinski definition) is 3. The van der Waals surface area contributed by atoms with Crippen LogP contribution in [0.5, 0.6) is 0 Å². The summed E-state index contributed by atoms with van der Waals surface area (Å²) >= 11 is 4.98. The number of nitrogens with zero attached hydrogens (tertiary/aromatic N) is 1. The molecule has 1 aromatic heterocycles. The first kappa shape index (κ1) is 9.86. The van der Waals surface area contributed by atoms with E-state index in [1.807, 2.05) is 11.4 Å². The normalized spacial score (nSPS) is 16.8. The summed E-state index contributed by atoms with van der Waals surface area (Å²) in [7, 11) is 0. The van der Waals surface area contributed by atoms with Crippen molar-refractivity contribution < 1.29 is 9.59 Å².